The van der Waals surface area contributed by atoms with Gasteiger partial charge in [0.2, 0.25) is 5.91 Å². The first-order valence-corrected chi connectivity index (χ1v) is 27.5. The average Bonchev–Trinajstić information content (AvgIpc) is 3.38. The second-order valence-electron chi connectivity index (χ2n) is 19.0. The van der Waals surface area contributed by atoms with Crippen LogP contribution in [0.15, 0.2) is 97.2 Å². The van der Waals surface area contributed by atoms with Crippen LogP contribution in [0.1, 0.15) is 168 Å². The van der Waals surface area contributed by atoms with E-state index < -0.39 is 86.8 Å². The van der Waals surface area contributed by atoms with Gasteiger partial charge < -0.3 is 65.1 Å². The third-order valence-electron chi connectivity index (χ3n) is 12.7. The number of hydrogen-bond acceptors (Lipinski definition) is 13. The molecule has 0 aromatic heterocycles. The number of carbonyl (C=O) groups is 1. The molecule has 0 aliphatic carbocycles. The molecule has 2 aliphatic rings. The minimum absolute atomic E-state index is 0.262. The van der Waals surface area contributed by atoms with Crippen molar-refractivity contribution in [3.8, 4) is 0 Å². The molecule has 412 valence electrons. The normalized spacial score (nSPS) is 26.4. The van der Waals surface area contributed by atoms with Gasteiger partial charge in [0.05, 0.1) is 32.0 Å². The molecule has 12 unspecified atom stereocenters. The zero-order valence-corrected chi connectivity index (χ0v) is 43.9. The summed E-state index contributed by atoms with van der Waals surface area (Å²) in [5.74, 6) is -0.262. The Morgan fingerprint density at radius 3 is 1.51 bits per heavy atom. The third kappa shape index (κ3) is 29.1. The van der Waals surface area contributed by atoms with Gasteiger partial charge in [-0.25, -0.2) is 0 Å². The number of amides is 1. The molecule has 0 spiro atoms. The topological polar surface area (TPSA) is 228 Å². The maximum Gasteiger partial charge on any atom is 0.220 e. The number of hydrogen-bond donors (Lipinski definition) is 9. The molecule has 2 aliphatic heterocycles. The van der Waals surface area contributed by atoms with Crippen molar-refractivity contribution in [2.45, 2.75) is 242 Å². The number of rotatable bonds is 41. The number of aliphatic hydroxyl groups is 8. The quantitative estimate of drug-likeness (QED) is 0.0208. The number of nitrogens with one attached hydrogen (secondary N) is 1. The first-order chi connectivity index (χ1) is 35.1. The van der Waals surface area contributed by atoms with E-state index in [-0.39, 0.29) is 18.9 Å². The molecule has 2 rings (SSSR count). The zero-order valence-electron chi connectivity index (χ0n) is 43.9. The summed E-state index contributed by atoms with van der Waals surface area (Å²) >= 11 is 0. The van der Waals surface area contributed by atoms with Crippen LogP contribution in [0.3, 0.4) is 0 Å². The number of unbranched alkanes of at least 4 members (excludes halogenated alkanes) is 14. The molecule has 14 nitrogen and oxygen atoms in total. The minimum atomic E-state index is -1.79. The molecule has 72 heavy (non-hydrogen) atoms. The minimum Gasteiger partial charge on any atom is -0.394 e. The highest BCUT2D eigenvalue weighted by molar-refractivity contribution is 5.76. The van der Waals surface area contributed by atoms with Crippen molar-refractivity contribution in [1.82, 2.24) is 5.32 Å². The lowest BCUT2D eigenvalue weighted by molar-refractivity contribution is -0.359. The van der Waals surface area contributed by atoms with Crippen LogP contribution in [0.4, 0.5) is 0 Å². The SMILES string of the molecule is CC/C=C\C/C=C\C/C=C\C/C=C\C/C=C\C/C=C\CCCCCCCCCCCCCCC(=O)NC(COC1OC(CO)C(OC2OC(CO)C(O)C(O)C2O)C(O)C1O)C(O)/C=C/CC/C=C/CCC. The maximum atomic E-state index is 13.1. The summed E-state index contributed by atoms with van der Waals surface area (Å²) in [6.07, 6.45) is 42.2. The van der Waals surface area contributed by atoms with Crippen molar-refractivity contribution in [2.24, 2.45) is 0 Å². The summed E-state index contributed by atoms with van der Waals surface area (Å²) < 4.78 is 22.6. The predicted molar refractivity (Wildman–Crippen MR) is 286 cm³/mol. The number of aliphatic hydroxyl groups excluding tert-OH is 8. The fourth-order valence-corrected chi connectivity index (χ4v) is 8.32. The Morgan fingerprint density at radius 1 is 0.514 bits per heavy atom. The van der Waals surface area contributed by atoms with Crippen molar-refractivity contribution in [3.05, 3.63) is 97.2 Å². The zero-order chi connectivity index (χ0) is 52.4. The van der Waals surface area contributed by atoms with Gasteiger partial charge in [0.15, 0.2) is 12.6 Å². The van der Waals surface area contributed by atoms with E-state index >= 15 is 0 Å². The van der Waals surface area contributed by atoms with E-state index in [1.165, 1.54) is 51.4 Å². The van der Waals surface area contributed by atoms with E-state index in [1.807, 2.05) is 6.08 Å². The van der Waals surface area contributed by atoms with Crippen LogP contribution in [0.25, 0.3) is 0 Å². The average molecular weight is 1020 g/mol. The molecule has 0 saturated carbocycles. The van der Waals surface area contributed by atoms with Crippen molar-refractivity contribution < 1.29 is 64.6 Å². The summed E-state index contributed by atoms with van der Waals surface area (Å²) in [6.45, 7) is 2.51. The Kier molecular flexibility index (Phi) is 39.0. The van der Waals surface area contributed by atoms with E-state index in [0.717, 1.165) is 83.5 Å². The van der Waals surface area contributed by atoms with Gasteiger partial charge in [0, 0.05) is 6.42 Å². The van der Waals surface area contributed by atoms with Crippen molar-refractivity contribution in [1.29, 1.82) is 0 Å². The molecule has 2 heterocycles. The van der Waals surface area contributed by atoms with Gasteiger partial charge in [0.1, 0.15) is 48.8 Å². The predicted octanol–water partition coefficient (Wildman–Crippen LogP) is 8.32. The van der Waals surface area contributed by atoms with Gasteiger partial charge >= 0.3 is 0 Å². The smallest absolute Gasteiger partial charge is 0.220 e. The molecule has 0 aromatic rings. The van der Waals surface area contributed by atoms with E-state index in [0.29, 0.717) is 12.8 Å². The Morgan fingerprint density at radius 2 is 0.972 bits per heavy atom. The molecule has 14 heteroatoms. The summed E-state index contributed by atoms with van der Waals surface area (Å²) in [4.78, 5) is 13.1. The van der Waals surface area contributed by atoms with Crippen molar-refractivity contribution >= 4 is 5.91 Å². The molecule has 1 amide bonds. The molecule has 2 fully saturated rings. The molecule has 0 aromatic carbocycles. The Hall–Kier alpha value is -3.09. The van der Waals surface area contributed by atoms with Crippen LogP contribution in [0.2, 0.25) is 0 Å². The number of allylic oxidation sites excluding steroid dienone is 15. The highest BCUT2D eigenvalue weighted by Gasteiger charge is 2.51. The molecule has 0 bridgehead atoms. The largest absolute Gasteiger partial charge is 0.394 e. The summed E-state index contributed by atoms with van der Waals surface area (Å²) in [5.41, 5.74) is 0. The second kappa shape index (κ2) is 43.2. The fourth-order valence-electron chi connectivity index (χ4n) is 8.32. The molecular weight excluding hydrogens is 919 g/mol. The van der Waals surface area contributed by atoms with Gasteiger partial charge in [-0.3, -0.25) is 4.79 Å². The molecular formula is C58H97NO13. The highest BCUT2D eigenvalue weighted by Crippen LogP contribution is 2.30. The maximum absolute atomic E-state index is 13.1. The Labute approximate surface area is 433 Å². The lowest BCUT2D eigenvalue weighted by Gasteiger charge is -2.46. The Bertz CT molecular complexity index is 1570. The monoisotopic (exact) mass is 1020 g/mol. The summed E-state index contributed by atoms with van der Waals surface area (Å²) in [7, 11) is 0. The van der Waals surface area contributed by atoms with E-state index in [2.05, 4.69) is 104 Å². The molecule has 12 atom stereocenters. The molecule has 0 radical (unpaired) electrons. The number of carbonyl (C=O) groups excluding carboxylic acids is 1. The molecule has 9 N–H and O–H groups in total. The van der Waals surface area contributed by atoms with Crippen LogP contribution < -0.4 is 5.32 Å². The lowest BCUT2D eigenvalue weighted by atomic mass is 9.97. The molecule has 2 saturated heterocycles. The second-order valence-corrected chi connectivity index (χ2v) is 19.0. The van der Waals surface area contributed by atoms with Gasteiger partial charge in [-0.05, 0) is 77.0 Å². The third-order valence-corrected chi connectivity index (χ3v) is 12.7. The van der Waals surface area contributed by atoms with Crippen molar-refractivity contribution in [3.63, 3.8) is 0 Å². The van der Waals surface area contributed by atoms with Crippen LogP contribution in [-0.2, 0) is 23.7 Å². The standard InChI is InChI=1S/C58H97NO13/c1-3-5-7-9-11-12-13-14-15-16-17-18-19-20-21-22-23-24-25-26-27-28-29-30-31-32-33-34-36-38-40-42-50(63)59-46(47(62)41-39-37-35-10-8-6-4-2)45-69-57-55(68)53(66)56(49(44-61)71-57)72-58-54(67)52(65)51(64)48(43-60)70-58/h5,7-8,10-12,14-15,17-18,20-21,23-24,39,41,46-49,51-58,60-62,64-68H,3-4,6,9,13,16,19,22,25-38,40,42-45H2,1-2H3,(H,59,63)/b7-5-,10-8+,12-11-,15-14-,18-17-,21-20-,24-23-,41-39+. The fraction of sp³-hybridized carbons (Fsp3) is 0.707. The van der Waals surface area contributed by atoms with E-state index in [4.69, 9.17) is 18.9 Å². The van der Waals surface area contributed by atoms with Crippen LogP contribution in [0, 0.1) is 0 Å². The van der Waals surface area contributed by atoms with Crippen LogP contribution >= 0.6 is 0 Å². The van der Waals surface area contributed by atoms with E-state index in [1.54, 1.807) is 6.08 Å². The summed E-state index contributed by atoms with van der Waals surface area (Å²) in [5, 5.41) is 86.5. The number of ether oxygens (including phenoxy) is 4. The first kappa shape index (κ1) is 65.0. The van der Waals surface area contributed by atoms with Crippen LogP contribution in [-0.4, -0.2) is 140 Å². The first-order valence-electron chi connectivity index (χ1n) is 27.5. The lowest BCUT2D eigenvalue weighted by Crippen LogP contribution is -2.65. The summed E-state index contributed by atoms with van der Waals surface area (Å²) in [6, 6.07) is -0.935. The van der Waals surface area contributed by atoms with Gasteiger partial charge in [-0.15, -0.1) is 0 Å². The van der Waals surface area contributed by atoms with E-state index in [9.17, 15) is 45.6 Å². The van der Waals surface area contributed by atoms with Crippen LogP contribution in [0.5, 0.6) is 0 Å². The Balaban J connectivity index is 1.63. The van der Waals surface area contributed by atoms with Gasteiger partial charge in [0.25, 0.3) is 0 Å². The van der Waals surface area contributed by atoms with Gasteiger partial charge in [-0.1, -0.05) is 182 Å². The van der Waals surface area contributed by atoms with Gasteiger partial charge in [-0.2, -0.15) is 0 Å². The highest BCUT2D eigenvalue weighted by atomic mass is 16.7. The van der Waals surface area contributed by atoms with Crippen molar-refractivity contribution in [2.75, 3.05) is 19.8 Å².